The van der Waals surface area contributed by atoms with Crippen LogP contribution in [0.2, 0.25) is 5.02 Å². The molecule has 5 heteroatoms. The molecule has 0 aromatic heterocycles. The summed E-state index contributed by atoms with van der Waals surface area (Å²) in [5.74, 6) is 0.376. The Balaban J connectivity index is 0.00000109. The SMILES string of the molecule is CC.Cc1cc(Cl)cc(CN2CCC(N3CCC(O)CC3)CC2)c1O. The van der Waals surface area contributed by atoms with E-state index < -0.39 is 0 Å². The van der Waals surface area contributed by atoms with Gasteiger partial charge >= 0.3 is 0 Å². The van der Waals surface area contributed by atoms with Gasteiger partial charge in [0.05, 0.1) is 6.10 Å². The Morgan fingerprint density at radius 1 is 1.04 bits per heavy atom. The van der Waals surface area contributed by atoms with Gasteiger partial charge < -0.3 is 15.1 Å². The van der Waals surface area contributed by atoms with Crippen molar-refractivity contribution in [2.24, 2.45) is 0 Å². The minimum Gasteiger partial charge on any atom is -0.507 e. The number of piperidine rings is 2. The Morgan fingerprint density at radius 3 is 2.24 bits per heavy atom. The van der Waals surface area contributed by atoms with Gasteiger partial charge in [-0.3, -0.25) is 4.90 Å². The number of phenolic OH excluding ortho intramolecular Hbond substituents is 1. The lowest BCUT2D eigenvalue weighted by atomic mass is 9.98. The number of hydrogen-bond acceptors (Lipinski definition) is 4. The zero-order valence-corrected chi connectivity index (χ0v) is 16.6. The Labute approximate surface area is 157 Å². The molecule has 2 aliphatic rings. The van der Waals surface area contributed by atoms with E-state index in [2.05, 4.69) is 9.80 Å². The van der Waals surface area contributed by atoms with Crippen LogP contribution >= 0.6 is 11.6 Å². The highest BCUT2D eigenvalue weighted by atomic mass is 35.5. The quantitative estimate of drug-likeness (QED) is 0.851. The smallest absolute Gasteiger partial charge is 0.123 e. The number of benzene rings is 1. The molecule has 0 bridgehead atoms. The first kappa shape index (κ1) is 20.5. The van der Waals surface area contributed by atoms with Crippen LogP contribution in [0.25, 0.3) is 0 Å². The minimum absolute atomic E-state index is 0.0969. The predicted octanol–water partition coefficient (Wildman–Crippen LogP) is 3.80. The van der Waals surface area contributed by atoms with Crippen molar-refractivity contribution in [1.82, 2.24) is 9.80 Å². The summed E-state index contributed by atoms with van der Waals surface area (Å²) in [5, 5.41) is 20.5. The van der Waals surface area contributed by atoms with Crippen LogP contribution < -0.4 is 0 Å². The van der Waals surface area contributed by atoms with Gasteiger partial charge in [-0.15, -0.1) is 0 Å². The fraction of sp³-hybridized carbons (Fsp3) is 0.700. The summed E-state index contributed by atoms with van der Waals surface area (Å²) in [5.41, 5.74) is 1.77. The van der Waals surface area contributed by atoms with Crippen molar-refractivity contribution in [2.75, 3.05) is 26.2 Å². The van der Waals surface area contributed by atoms with Gasteiger partial charge in [0.1, 0.15) is 5.75 Å². The molecule has 0 saturated carbocycles. The highest BCUT2D eigenvalue weighted by molar-refractivity contribution is 6.30. The molecule has 2 fully saturated rings. The number of nitrogens with zero attached hydrogens (tertiary/aromatic N) is 2. The standard InChI is InChI=1S/C18H27ClN2O2.C2H6/c1-13-10-15(19)11-14(18(13)23)12-20-6-2-16(3-7-20)21-8-4-17(22)5-9-21;1-2/h10-11,16-17,22-23H,2-9,12H2,1H3;1-2H3. The van der Waals surface area contributed by atoms with E-state index in [1.54, 1.807) is 6.07 Å². The molecular formula is C20H33ClN2O2. The van der Waals surface area contributed by atoms with Crippen LogP contribution in [0.5, 0.6) is 5.75 Å². The molecule has 4 nitrogen and oxygen atoms in total. The number of aliphatic hydroxyl groups excluding tert-OH is 1. The number of aryl methyl sites for hydroxylation is 1. The molecule has 3 rings (SSSR count). The van der Waals surface area contributed by atoms with Crippen molar-refractivity contribution in [1.29, 1.82) is 0 Å². The Kier molecular flexibility index (Phi) is 8.01. The molecule has 0 atom stereocenters. The molecule has 2 saturated heterocycles. The number of phenols is 1. The number of rotatable bonds is 3. The monoisotopic (exact) mass is 368 g/mol. The van der Waals surface area contributed by atoms with Crippen molar-refractivity contribution in [3.63, 3.8) is 0 Å². The van der Waals surface area contributed by atoms with E-state index in [4.69, 9.17) is 11.6 Å². The van der Waals surface area contributed by atoms with Crippen LogP contribution in [0, 0.1) is 6.92 Å². The first-order chi connectivity index (χ1) is 12.0. The number of aliphatic hydroxyl groups is 1. The summed E-state index contributed by atoms with van der Waals surface area (Å²) in [7, 11) is 0. The molecule has 0 radical (unpaired) electrons. The van der Waals surface area contributed by atoms with Gasteiger partial charge in [-0.05, 0) is 63.4 Å². The molecule has 2 aliphatic heterocycles. The van der Waals surface area contributed by atoms with Crippen LogP contribution in [0.1, 0.15) is 50.7 Å². The summed E-state index contributed by atoms with van der Waals surface area (Å²) < 4.78 is 0. The fourth-order valence-electron chi connectivity index (χ4n) is 3.86. The molecule has 2 N–H and O–H groups in total. The maximum absolute atomic E-state index is 10.2. The maximum Gasteiger partial charge on any atom is 0.123 e. The van der Waals surface area contributed by atoms with Crippen LogP contribution in [0.4, 0.5) is 0 Å². The number of likely N-dealkylation sites (tertiary alicyclic amines) is 2. The van der Waals surface area contributed by atoms with Crippen LogP contribution in [-0.4, -0.2) is 58.3 Å². The van der Waals surface area contributed by atoms with Gasteiger partial charge in [-0.1, -0.05) is 25.4 Å². The number of halogens is 1. The van der Waals surface area contributed by atoms with Crippen LogP contribution in [0.15, 0.2) is 12.1 Å². The molecule has 142 valence electrons. The van der Waals surface area contributed by atoms with E-state index >= 15 is 0 Å². The first-order valence-electron chi connectivity index (χ1n) is 9.65. The van der Waals surface area contributed by atoms with Crippen molar-refractivity contribution >= 4 is 11.6 Å². The lowest BCUT2D eigenvalue weighted by Crippen LogP contribution is -2.48. The minimum atomic E-state index is -0.0969. The molecule has 0 spiro atoms. The summed E-state index contributed by atoms with van der Waals surface area (Å²) in [4.78, 5) is 4.95. The van der Waals surface area contributed by atoms with E-state index in [0.717, 1.165) is 69.5 Å². The third-order valence-electron chi connectivity index (χ3n) is 5.31. The third-order valence-corrected chi connectivity index (χ3v) is 5.53. The summed E-state index contributed by atoms with van der Waals surface area (Å²) >= 11 is 6.12. The van der Waals surface area contributed by atoms with Gasteiger partial charge in [0.15, 0.2) is 0 Å². The van der Waals surface area contributed by atoms with E-state index in [-0.39, 0.29) is 6.10 Å². The summed E-state index contributed by atoms with van der Waals surface area (Å²) in [6.45, 7) is 10.8. The summed E-state index contributed by atoms with van der Waals surface area (Å²) in [6.07, 6.45) is 4.05. The van der Waals surface area contributed by atoms with Crippen molar-refractivity contribution in [2.45, 2.75) is 65.1 Å². The Bertz CT molecular complexity index is 537. The predicted molar refractivity (Wildman–Crippen MR) is 104 cm³/mol. The molecule has 2 heterocycles. The van der Waals surface area contributed by atoms with Gasteiger partial charge in [-0.2, -0.15) is 0 Å². The van der Waals surface area contributed by atoms with E-state index in [0.29, 0.717) is 16.8 Å². The molecule has 1 aromatic carbocycles. The second-order valence-corrected chi connectivity index (χ2v) is 7.44. The van der Waals surface area contributed by atoms with E-state index in [1.165, 1.54) is 0 Å². The first-order valence-corrected chi connectivity index (χ1v) is 10.0. The second-order valence-electron chi connectivity index (χ2n) is 7.00. The average Bonchev–Trinajstić information content (AvgIpc) is 2.62. The molecule has 25 heavy (non-hydrogen) atoms. The van der Waals surface area contributed by atoms with Gasteiger partial charge in [0.2, 0.25) is 0 Å². The van der Waals surface area contributed by atoms with E-state index in [1.807, 2.05) is 26.8 Å². The van der Waals surface area contributed by atoms with Gasteiger partial charge in [-0.25, -0.2) is 0 Å². The van der Waals surface area contributed by atoms with Crippen LogP contribution in [-0.2, 0) is 6.54 Å². The molecule has 1 aromatic rings. The van der Waals surface area contributed by atoms with Crippen molar-refractivity contribution in [3.8, 4) is 5.75 Å². The summed E-state index contributed by atoms with van der Waals surface area (Å²) in [6, 6.07) is 4.33. The fourth-order valence-corrected chi connectivity index (χ4v) is 4.16. The zero-order chi connectivity index (χ0) is 18.4. The topological polar surface area (TPSA) is 46.9 Å². The molecule has 0 aliphatic carbocycles. The van der Waals surface area contributed by atoms with Gasteiger partial charge in [0.25, 0.3) is 0 Å². The third kappa shape index (κ3) is 5.58. The molecular weight excluding hydrogens is 336 g/mol. The second kappa shape index (κ2) is 9.77. The molecule has 0 amide bonds. The van der Waals surface area contributed by atoms with E-state index in [9.17, 15) is 10.2 Å². The Morgan fingerprint density at radius 2 is 1.64 bits per heavy atom. The molecule has 0 unspecified atom stereocenters. The van der Waals surface area contributed by atoms with Crippen molar-refractivity contribution in [3.05, 3.63) is 28.3 Å². The highest BCUT2D eigenvalue weighted by Gasteiger charge is 2.27. The Hall–Kier alpha value is -0.810. The van der Waals surface area contributed by atoms with Crippen molar-refractivity contribution < 1.29 is 10.2 Å². The maximum atomic E-state index is 10.2. The normalized spacial score (nSPS) is 21.0. The highest BCUT2D eigenvalue weighted by Crippen LogP contribution is 2.29. The lowest BCUT2D eigenvalue weighted by molar-refractivity contribution is 0.0375. The number of aromatic hydroxyl groups is 1. The number of hydrogen-bond donors (Lipinski definition) is 2. The van der Waals surface area contributed by atoms with Crippen LogP contribution in [0.3, 0.4) is 0 Å². The lowest BCUT2D eigenvalue weighted by Gasteiger charge is -2.41. The van der Waals surface area contributed by atoms with Gasteiger partial charge in [0, 0.05) is 36.3 Å². The zero-order valence-electron chi connectivity index (χ0n) is 15.8. The largest absolute Gasteiger partial charge is 0.507 e. The average molecular weight is 369 g/mol.